The summed E-state index contributed by atoms with van der Waals surface area (Å²) in [5.41, 5.74) is 2.90. The van der Waals surface area contributed by atoms with Crippen LogP contribution in [-0.2, 0) is 0 Å². The zero-order valence-corrected chi connectivity index (χ0v) is 11.7. The number of aliphatic hydroxyl groups is 1. The lowest BCUT2D eigenvalue weighted by molar-refractivity contribution is 0.204. The second kappa shape index (κ2) is 5.41. The predicted molar refractivity (Wildman–Crippen MR) is 75.7 cm³/mol. The van der Waals surface area contributed by atoms with E-state index in [0.29, 0.717) is 18.6 Å². The molecule has 1 saturated carbocycles. The smallest absolute Gasteiger partial charge is 0.0499 e. The molecule has 2 heteroatoms. The van der Waals surface area contributed by atoms with Gasteiger partial charge in [-0.1, -0.05) is 38.1 Å². The first-order chi connectivity index (χ1) is 8.56. The molecule has 18 heavy (non-hydrogen) atoms. The minimum absolute atomic E-state index is 0.187. The van der Waals surface area contributed by atoms with Crippen molar-refractivity contribution in [3.8, 4) is 0 Å². The van der Waals surface area contributed by atoms with Crippen molar-refractivity contribution in [3.63, 3.8) is 0 Å². The topological polar surface area (TPSA) is 32.3 Å². The lowest BCUT2D eigenvalue weighted by Crippen LogP contribution is -2.28. The predicted octanol–water partition coefficient (Wildman–Crippen LogP) is 3.23. The van der Waals surface area contributed by atoms with E-state index in [1.165, 1.54) is 11.1 Å². The number of benzene rings is 1. The highest BCUT2D eigenvalue weighted by Crippen LogP contribution is 2.44. The largest absolute Gasteiger partial charge is 0.396 e. The van der Waals surface area contributed by atoms with Crippen molar-refractivity contribution in [2.75, 3.05) is 13.2 Å². The number of rotatable bonds is 6. The summed E-state index contributed by atoms with van der Waals surface area (Å²) in [6.07, 6.45) is 2.32. The van der Waals surface area contributed by atoms with E-state index in [0.717, 1.165) is 19.4 Å². The van der Waals surface area contributed by atoms with Gasteiger partial charge in [-0.2, -0.15) is 0 Å². The summed E-state index contributed by atoms with van der Waals surface area (Å²) in [5, 5.41) is 12.8. The molecule has 0 heterocycles. The third kappa shape index (κ3) is 3.12. The van der Waals surface area contributed by atoms with Gasteiger partial charge >= 0.3 is 0 Å². The molecule has 2 N–H and O–H groups in total. The molecule has 0 bridgehead atoms. The van der Waals surface area contributed by atoms with Gasteiger partial charge in [0, 0.05) is 24.6 Å². The molecular formula is C16H25NO. The average molecular weight is 247 g/mol. The molecular weight excluding hydrogens is 222 g/mol. The van der Waals surface area contributed by atoms with Crippen molar-refractivity contribution in [2.45, 2.75) is 45.6 Å². The molecule has 1 fully saturated rings. The first-order valence-electron chi connectivity index (χ1n) is 7.00. The van der Waals surface area contributed by atoms with Crippen LogP contribution < -0.4 is 5.32 Å². The lowest BCUT2D eigenvalue weighted by atomic mass is 9.99. The first kappa shape index (κ1) is 13.6. The van der Waals surface area contributed by atoms with Crippen LogP contribution >= 0.6 is 0 Å². The standard InChI is InChI=1S/C16H25NO/c1-12(2)14-4-6-15(7-5-14)13(3)17-10-16(11-18)8-9-16/h4-7,12-13,17-18H,8-11H2,1-3H3. The zero-order valence-electron chi connectivity index (χ0n) is 11.7. The molecule has 1 aromatic carbocycles. The Hall–Kier alpha value is -0.860. The van der Waals surface area contributed by atoms with E-state index < -0.39 is 0 Å². The van der Waals surface area contributed by atoms with Gasteiger partial charge in [0.1, 0.15) is 0 Å². The van der Waals surface area contributed by atoms with Crippen LogP contribution in [-0.4, -0.2) is 18.3 Å². The van der Waals surface area contributed by atoms with Crippen molar-refractivity contribution in [1.29, 1.82) is 0 Å². The SMILES string of the molecule is CC(C)c1ccc(C(C)NCC2(CO)CC2)cc1. The van der Waals surface area contributed by atoms with Gasteiger partial charge in [0.2, 0.25) is 0 Å². The Labute approximate surface area is 110 Å². The molecule has 0 spiro atoms. The molecule has 0 saturated heterocycles. The maximum absolute atomic E-state index is 9.30. The van der Waals surface area contributed by atoms with Gasteiger partial charge in [-0.15, -0.1) is 0 Å². The second-order valence-electron chi connectivity index (χ2n) is 6.08. The van der Waals surface area contributed by atoms with Crippen molar-refractivity contribution < 1.29 is 5.11 Å². The van der Waals surface area contributed by atoms with Gasteiger partial charge in [-0.3, -0.25) is 0 Å². The summed E-state index contributed by atoms with van der Waals surface area (Å²) in [7, 11) is 0. The minimum Gasteiger partial charge on any atom is -0.396 e. The van der Waals surface area contributed by atoms with E-state index in [4.69, 9.17) is 0 Å². The van der Waals surface area contributed by atoms with Gasteiger partial charge in [-0.05, 0) is 36.8 Å². The maximum Gasteiger partial charge on any atom is 0.0499 e. The zero-order chi connectivity index (χ0) is 13.2. The van der Waals surface area contributed by atoms with Crippen LogP contribution in [0.1, 0.15) is 56.7 Å². The maximum atomic E-state index is 9.30. The highest BCUT2D eigenvalue weighted by atomic mass is 16.3. The number of hydrogen-bond acceptors (Lipinski definition) is 2. The number of hydrogen-bond donors (Lipinski definition) is 2. The Morgan fingerprint density at radius 1 is 1.11 bits per heavy atom. The molecule has 100 valence electrons. The summed E-state index contributed by atoms with van der Waals surface area (Å²) in [6, 6.07) is 9.22. The van der Waals surface area contributed by atoms with Crippen LogP contribution in [0.5, 0.6) is 0 Å². The van der Waals surface area contributed by atoms with Crippen LogP contribution in [0.2, 0.25) is 0 Å². The quantitative estimate of drug-likeness (QED) is 0.809. The van der Waals surface area contributed by atoms with Crippen LogP contribution in [0.3, 0.4) is 0 Å². The van der Waals surface area contributed by atoms with E-state index >= 15 is 0 Å². The Balaban J connectivity index is 1.90. The summed E-state index contributed by atoms with van der Waals surface area (Å²) in [4.78, 5) is 0. The van der Waals surface area contributed by atoms with Gasteiger partial charge in [-0.25, -0.2) is 0 Å². The van der Waals surface area contributed by atoms with Crippen molar-refractivity contribution in [1.82, 2.24) is 5.32 Å². The Morgan fingerprint density at radius 3 is 2.11 bits per heavy atom. The highest BCUT2D eigenvalue weighted by molar-refractivity contribution is 5.26. The fourth-order valence-electron chi connectivity index (χ4n) is 2.22. The number of aliphatic hydroxyl groups excluding tert-OH is 1. The van der Waals surface area contributed by atoms with Crippen LogP contribution in [0, 0.1) is 5.41 Å². The molecule has 2 nitrogen and oxygen atoms in total. The average Bonchev–Trinajstić information content (AvgIpc) is 3.17. The minimum atomic E-state index is 0.187. The van der Waals surface area contributed by atoms with E-state index in [9.17, 15) is 5.11 Å². The molecule has 2 rings (SSSR count). The van der Waals surface area contributed by atoms with Crippen LogP contribution in [0.25, 0.3) is 0 Å². The summed E-state index contributed by atoms with van der Waals surface area (Å²) >= 11 is 0. The summed E-state index contributed by atoms with van der Waals surface area (Å²) in [6.45, 7) is 7.87. The normalized spacial score (nSPS) is 18.9. The molecule has 0 aromatic heterocycles. The van der Waals surface area contributed by atoms with Gasteiger partial charge < -0.3 is 10.4 Å². The van der Waals surface area contributed by atoms with Crippen LogP contribution in [0.4, 0.5) is 0 Å². The van der Waals surface area contributed by atoms with E-state index in [-0.39, 0.29) is 5.41 Å². The Kier molecular flexibility index (Phi) is 4.08. The van der Waals surface area contributed by atoms with Gasteiger partial charge in [0.05, 0.1) is 0 Å². The summed E-state index contributed by atoms with van der Waals surface area (Å²) < 4.78 is 0. The van der Waals surface area contributed by atoms with E-state index in [1.54, 1.807) is 0 Å². The molecule has 1 aliphatic carbocycles. The van der Waals surface area contributed by atoms with Gasteiger partial charge in [0.25, 0.3) is 0 Å². The monoisotopic (exact) mass is 247 g/mol. The summed E-state index contributed by atoms with van der Waals surface area (Å²) in [5.74, 6) is 0.589. The van der Waals surface area contributed by atoms with E-state index in [1.807, 2.05) is 0 Å². The van der Waals surface area contributed by atoms with Crippen molar-refractivity contribution in [3.05, 3.63) is 35.4 Å². The molecule has 1 unspecified atom stereocenters. The third-order valence-corrected chi connectivity index (χ3v) is 4.18. The molecule has 0 aliphatic heterocycles. The Morgan fingerprint density at radius 2 is 1.67 bits per heavy atom. The Bertz CT molecular complexity index is 379. The second-order valence-corrected chi connectivity index (χ2v) is 6.08. The molecule has 1 aliphatic rings. The first-order valence-corrected chi connectivity index (χ1v) is 7.00. The van der Waals surface area contributed by atoms with E-state index in [2.05, 4.69) is 50.4 Å². The molecule has 0 amide bonds. The molecule has 1 atom stereocenters. The molecule has 1 aromatic rings. The van der Waals surface area contributed by atoms with Crippen molar-refractivity contribution >= 4 is 0 Å². The number of nitrogens with one attached hydrogen (secondary N) is 1. The van der Waals surface area contributed by atoms with Crippen molar-refractivity contribution in [2.24, 2.45) is 5.41 Å². The van der Waals surface area contributed by atoms with Crippen LogP contribution in [0.15, 0.2) is 24.3 Å². The molecule has 0 radical (unpaired) electrons. The van der Waals surface area contributed by atoms with Gasteiger partial charge in [0.15, 0.2) is 0 Å². The third-order valence-electron chi connectivity index (χ3n) is 4.18. The highest BCUT2D eigenvalue weighted by Gasteiger charge is 2.41. The fraction of sp³-hybridized carbons (Fsp3) is 0.625. The lowest BCUT2D eigenvalue weighted by Gasteiger charge is -2.19. The fourth-order valence-corrected chi connectivity index (χ4v) is 2.22.